The summed E-state index contributed by atoms with van der Waals surface area (Å²) in [6.45, 7) is 0. The van der Waals surface area contributed by atoms with Gasteiger partial charge in [0.05, 0.1) is 23.6 Å². The second-order valence-electron chi connectivity index (χ2n) is 2.31. The number of hydrogen-bond donors (Lipinski definition) is 0. The standard InChI is InChI=1S/C10H4ClN3/c11-10-9(3-1-2-4-12)5-8(6-13)7-14-10/h5,7H,2H2. The summed E-state index contributed by atoms with van der Waals surface area (Å²) in [5.74, 6) is 5.27. The number of nitriles is 2. The van der Waals surface area contributed by atoms with Gasteiger partial charge in [-0.3, -0.25) is 0 Å². The molecule has 0 unspecified atom stereocenters. The van der Waals surface area contributed by atoms with Crippen molar-refractivity contribution in [3.8, 4) is 24.0 Å². The Bertz CT molecular complexity index is 483. The van der Waals surface area contributed by atoms with Gasteiger partial charge in [-0.2, -0.15) is 10.5 Å². The topological polar surface area (TPSA) is 60.5 Å². The molecule has 0 aliphatic carbocycles. The molecule has 1 rings (SSSR count). The molecule has 4 heteroatoms. The lowest BCUT2D eigenvalue weighted by molar-refractivity contribution is 1.28. The van der Waals surface area contributed by atoms with Gasteiger partial charge in [0.25, 0.3) is 0 Å². The predicted molar refractivity (Wildman–Crippen MR) is 51.1 cm³/mol. The highest BCUT2D eigenvalue weighted by Gasteiger charge is 1.99. The fourth-order valence-electron chi connectivity index (χ4n) is 0.776. The summed E-state index contributed by atoms with van der Waals surface area (Å²) in [6.07, 6.45) is 1.50. The van der Waals surface area contributed by atoms with Gasteiger partial charge in [0, 0.05) is 6.20 Å². The largest absolute Gasteiger partial charge is 0.242 e. The lowest BCUT2D eigenvalue weighted by atomic mass is 10.2. The Kier molecular flexibility index (Phi) is 3.50. The highest BCUT2D eigenvalue weighted by Crippen LogP contribution is 2.12. The Hall–Kier alpha value is -2.02. The number of halogens is 1. The molecule has 0 aromatic carbocycles. The van der Waals surface area contributed by atoms with Crippen LogP contribution in [0.15, 0.2) is 12.3 Å². The van der Waals surface area contributed by atoms with Gasteiger partial charge in [-0.15, -0.1) is 0 Å². The van der Waals surface area contributed by atoms with Crippen molar-refractivity contribution in [1.29, 1.82) is 10.5 Å². The Balaban J connectivity index is 3.05. The van der Waals surface area contributed by atoms with Gasteiger partial charge in [0.15, 0.2) is 0 Å². The van der Waals surface area contributed by atoms with E-state index in [0.717, 1.165) is 0 Å². The van der Waals surface area contributed by atoms with Crippen LogP contribution in [-0.4, -0.2) is 4.98 Å². The summed E-state index contributed by atoms with van der Waals surface area (Å²) in [6, 6.07) is 5.36. The van der Waals surface area contributed by atoms with Crippen LogP contribution in [0.25, 0.3) is 0 Å². The van der Waals surface area contributed by atoms with Gasteiger partial charge in [0.2, 0.25) is 0 Å². The van der Waals surface area contributed by atoms with Crippen LogP contribution in [0.1, 0.15) is 17.5 Å². The molecule has 3 nitrogen and oxygen atoms in total. The zero-order chi connectivity index (χ0) is 10.4. The first-order valence-electron chi connectivity index (χ1n) is 3.69. The first kappa shape index (κ1) is 10.1. The lowest BCUT2D eigenvalue weighted by Crippen LogP contribution is -1.85. The number of pyridine rings is 1. The maximum absolute atomic E-state index is 8.59. The molecule has 0 spiro atoms. The van der Waals surface area contributed by atoms with Crippen molar-refractivity contribution in [3.63, 3.8) is 0 Å². The zero-order valence-corrected chi connectivity index (χ0v) is 7.84. The number of aromatic nitrogens is 1. The van der Waals surface area contributed by atoms with E-state index in [-0.39, 0.29) is 11.6 Å². The third kappa shape index (κ3) is 2.49. The molecular weight excluding hydrogens is 198 g/mol. The second-order valence-corrected chi connectivity index (χ2v) is 2.67. The summed E-state index contributed by atoms with van der Waals surface area (Å²) in [7, 11) is 0. The molecule has 0 atom stereocenters. The fourth-order valence-corrected chi connectivity index (χ4v) is 0.926. The molecule has 0 saturated carbocycles. The number of rotatable bonds is 0. The van der Waals surface area contributed by atoms with E-state index in [1.165, 1.54) is 6.20 Å². The van der Waals surface area contributed by atoms with Crippen molar-refractivity contribution in [3.05, 3.63) is 28.5 Å². The molecule has 0 amide bonds. The van der Waals surface area contributed by atoms with Crippen molar-refractivity contribution in [2.45, 2.75) is 6.42 Å². The molecule has 0 aliphatic rings. The summed E-state index contributed by atoms with van der Waals surface area (Å²) in [5.41, 5.74) is 0.872. The van der Waals surface area contributed by atoms with Crippen LogP contribution in [0.2, 0.25) is 5.15 Å². The maximum atomic E-state index is 8.59. The van der Waals surface area contributed by atoms with E-state index in [4.69, 9.17) is 22.1 Å². The summed E-state index contributed by atoms with van der Waals surface area (Å²) in [5, 5.41) is 17.1. The Morgan fingerprint density at radius 2 is 2.21 bits per heavy atom. The third-order valence-corrected chi connectivity index (χ3v) is 1.66. The maximum Gasteiger partial charge on any atom is 0.144 e. The molecule has 0 aliphatic heterocycles. The minimum absolute atomic E-state index is 0.132. The molecule has 1 aromatic rings. The summed E-state index contributed by atoms with van der Waals surface area (Å²) in [4.78, 5) is 3.79. The molecule has 0 bridgehead atoms. The molecular formula is C10H4ClN3. The van der Waals surface area contributed by atoms with Gasteiger partial charge in [0.1, 0.15) is 11.2 Å². The molecule has 66 valence electrons. The SMILES string of the molecule is N#CCC#Cc1cc(C#N)cnc1Cl. The summed E-state index contributed by atoms with van der Waals surface area (Å²) < 4.78 is 0. The van der Waals surface area contributed by atoms with Crippen LogP contribution in [-0.2, 0) is 0 Å². The average molecular weight is 202 g/mol. The first-order valence-corrected chi connectivity index (χ1v) is 4.07. The normalized spacial score (nSPS) is 7.93. The van der Waals surface area contributed by atoms with E-state index in [1.54, 1.807) is 6.07 Å². The number of nitrogens with zero attached hydrogens (tertiary/aromatic N) is 3. The van der Waals surface area contributed by atoms with Crippen LogP contribution < -0.4 is 0 Å². The molecule has 0 radical (unpaired) electrons. The molecule has 0 N–H and O–H groups in total. The van der Waals surface area contributed by atoms with Crippen molar-refractivity contribution in [2.24, 2.45) is 0 Å². The van der Waals surface area contributed by atoms with E-state index in [9.17, 15) is 0 Å². The van der Waals surface area contributed by atoms with Crippen LogP contribution in [0, 0.1) is 34.5 Å². The lowest BCUT2D eigenvalue weighted by Gasteiger charge is -1.93. The Morgan fingerprint density at radius 1 is 1.43 bits per heavy atom. The molecule has 14 heavy (non-hydrogen) atoms. The zero-order valence-electron chi connectivity index (χ0n) is 7.08. The van der Waals surface area contributed by atoms with Crippen LogP contribution >= 0.6 is 11.6 Å². The van der Waals surface area contributed by atoms with E-state index in [0.29, 0.717) is 11.1 Å². The van der Waals surface area contributed by atoms with Crippen LogP contribution in [0.5, 0.6) is 0 Å². The Labute approximate surface area is 86.6 Å². The van der Waals surface area contributed by atoms with E-state index in [1.807, 2.05) is 12.1 Å². The molecule has 1 heterocycles. The Morgan fingerprint density at radius 3 is 2.86 bits per heavy atom. The van der Waals surface area contributed by atoms with Gasteiger partial charge >= 0.3 is 0 Å². The first-order chi connectivity index (χ1) is 6.77. The monoisotopic (exact) mass is 201 g/mol. The van der Waals surface area contributed by atoms with E-state index in [2.05, 4.69) is 16.8 Å². The molecule has 0 fully saturated rings. The van der Waals surface area contributed by atoms with Gasteiger partial charge in [-0.25, -0.2) is 4.98 Å². The minimum atomic E-state index is 0.132. The highest BCUT2D eigenvalue weighted by molar-refractivity contribution is 6.30. The van der Waals surface area contributed by atoms with Gasteiger partial charge in [-0.1, -0.05) is 23.4 Å². The molecule has 1 aromatic heterocycles. The van der Waals surface area contributed by atoms with Crippen molar-refractivity contribution in [2.75, 3.05) is 0 Å². The summed E-state index contributed by atoms with van der Waals surface area (Å²) >= 11 is 5.73. The smallest absolute Gasteiger partial charge is 0.144 e. The van der Waals surface area contributed by atoms with Crippen LogP contribution in [0.3, 0.4) is 0 Å². The van der Waals surface area contributed by atoms with Gasteiger partial charge < -0.3 is 0 Å². The molecule has 0 saturated heterocycles. The van der Waals surface area contributed by atoms with Crippen molar-refractivity contribution in [1.82, 2.24) is 4.98 Å². The third-order valence-electron chi connectivity index (χ3n) is 1.36. The predicted octanol–water partition coefficient (Wildman–Crippen LogP) is 1.87. The quantitative estimate of drug-likeness (QED) is 0.476. The van der Waals surface area contributed by atoms with Crippen LogP contribution in [0.4, 0.5) is 0 Å². The van der Waals surface area contributed by atoms with Crippen molar-refractivity contribution < 1.29 is 0 Å². The fraction of sp³-hybridized carbons (Fsp3) is 0.100. The highest BCUT2D eigenvalue weighted by atomic mass is 35.5. The van der Waals surface area contributed by atoms with E-state index >= 15 is 0 Å². The number of hydrogen-bond acceptors (Lipinski definition) is 3. The minimum Gasteiger partial charge on any atom is -0.242 e. The van der Waals surface area contributed by atoms with E-state index < -0.39 is 0 Å². The van der Waals surface area contributed by atoms with Crippen molar-refractivity contribution >= 4 is 11.6 Å². The van der Waals surface area contributed by atoms with Gasteiger partial charge in [-0.05, 0) is 6.07 Å². The average Bonchev–Trinajstić information content (AvgIpc) is 2.21. The second kappa shape index (κ2) is 4.87.